The molecule has 3 heteroatoms. The molecule has 1 saturated carbocycles. The van der Waals surface area contributed by atoms with E-state index in [-0.39, 0.29) is 11.6 Å². The number of halogens is 1. The summed E-state index contributed by atoms with van der Waals surface area (Å²) < 4.78 is 5.82. The highest BCUT2D eigenvalue weighted by molar-refractivity contribution is 6.31. The summed E-state index contributed by atoms with van der Waals surface area (Å²) in [5, 5.41) is 4.44. The van der Waals surface area contributed by atoms with Crippen LogP contribution in [0.15, 0.2) is 24.3 Å². The van der Waals surface area contributed by atoms with Crippen molar-refractivity contribution in [3.63, 3.8) is 0 Å². The van der Waals surface area contributed by atoms with E-state index >= 15 is 0 Å². The normalized spacial score (nSPS) is 19.3. The maximum atomic E-state index is 6.35. The smallest absolute Gasteiger partial charge is 0.0873 e. The minimum absolute atomic E-state index is 0.0693. The summed E-state index contributed by atoms with van der Waals surface area (Å²) in [6, 6.07) is 8.28. The molecule has 0 aliphatic heterocycles. The van der Waals surface area contributed by atoms with Gasteiger partial charge in [-0.05, 0) is 43.9 Å². The first-order valence-corrected chi connectivity index (χ1v) is 7.14. The lowest BCUT2D eigenvalue weighted by molar-refractivity contribution is -0.0997. The van der Waals surface area contributed by atoms with E-state index in [1.165, 1.54) is 6.42 Å². The fourth-order valence-corrected chi connectivity index (χ4v) is 2.96. The van der Waals surface area contributed by atoms with Crippen LogP contribution in [0.1, 0.15) is 44.2 Å². The Bertz CT molecular complexity index is 384. The highest BCUT2D eigenvalue weighted by Gasteiger charge is 2.45. The van der Waals surface area contributed by atoms with Crippen molar-refractivity contribution in [1.82, 2.24) is 5.32 Å². The predicted octanol–water partition coefficient (Wildman–Crippen LogP) is 3.95. The summed E-state index contributed by atoms with van der Waals surface area (Å²) in [5.41, 5.74) is 1.09. The zero-order chi connectivity index (χ0) is 13.0. The predicted molar refractivity (Wildman–Crippen MR) is 76.1 cm³/mol. The molecule has 0 radical (unpaired) electrons. The minimum Gasteiger partial charge on any atom is -0.376 e. The first-order valence-electron chi connectivity index (χ1n) is 6.76. The van der Waals surface area contributed by atoms with Crippen LogP contribution in [0.2, 0.25) is 5.02 Å². The fourth-order valence-electron chi connectivity index (χ4n) is 2.71. The molecular formula is C15H22ClNO. The average Bonchev–Trinajstić information content (AvgIpc) is 2.33. The number of hydrogen-bond donors (Lipinski definition) is 1. The number of benzene rings is 1. The highest BCUT2D eigenvalue weighted by atomic mass is 35.5. The minimum atomic E-state index is -0.0693. The molecule has 1 aromatic rings. The van der Waals surface area contributed by atoms with Crippen molar-refractivity contribution in [3.8, 4) is 0 Å². The van der Waals surface area contributed by atoms with Crippen LogP contribution in [-0.2, 0) is 4.74 Å². The number of hydrogen-bond acceptors (Lipinski definition) is 2. The van der Waals surface area contributed by atoms with Crippen LogP contribution >= 0.6 is 11.6 Å². The number of ether oxygens (including phenoxy) is 1. The van der Waals surface area contributed by atoms with Gasteiger partial charge >= 0.3 is 0 Å². The molecule has 0 spiro atoms. The van der Waals surface area contributed by atoms with E-state index in [2.05, 4.69) is 18.3 Å². The van der Waals surface area contributed by atoms with E-state index in [0.29, 0.717) is 0 Å². The molecule has 2 rings (SSSR count). The maximum Gasteiger partial charge on any atom is 0.0873 e. The topological polar surface area (TPSA) is 21.3 Å². The molecule has 1 atom stereocenters. The molecule has 1 N–H and O–H groups in total. The Labute approximate surface area is 115 Å². The molecule has 0 amide bonds. The SMILES string of the molecule is CCCNC(c1ccccc1Cl)C1(OC)CCC1. The average molecular weight is 268 g/mol. The van der Waals surface area contributed by atoms with Crippen molar-refractivity contribution < 1.29 is 4.74 Å². The largest absolute Gasteiger partial charge is 0.376 e. The second-order valence-electron chi connectivity index (χ2n) is 5.03. The summed E-state index contributed by atoms with van der Waals surface area (Å²) in [5.74, 6) is 0. The molecule has 0 heterocycles. The summed E-state index contributed by atoms with van der Waals surface area (Å²) in [4.78, 5) is 0. The second kappa shape index (κ2) is 6.05. The molecule has 0 bridgehead atoms. The van der Waals surface area contributed by atoms with Gasteiger partial charge in [0.25, 0.3) is 0 Å². The van der Waals surface area contributed by atoms with E-state index in [0.717, 1.165) is 36.4 Å². The Hall–Kier alpha value is -0.570. The molecule has 2 nitrogen and oxygen atoms in total. The zero-order valence-corrected chi connectivity index (χ0v) is 12.0. The van der Waals surface area contributed by atoms with Crippen LogP contribution in [0.3, 0.4) is 0 Å². The van der Waals surface area contributed by atoms with E-state index in [4.69, 9.17) is 16.3 Å². The van der Waals surface area contributed by atoms with Crippen molar-refractivity contribution in [2.24, 2.45) is 0 Å². The van der Waals surface area contributed by atoms with Gasteiger partial charge in [-0.2, -0.15) is 0 Å². The zero-order valence-electron chi connectivity index (χ0n) is 11.2. The quantitative estimate of drug-likeness (QED) is 0.843. The van der Waals surface area contributed by atoms with E-state index in [9.17, 15) is 0 Å². The second-order valence-corrected chi connectivity index (χ2v) is 5.44. The lowest BCUT2D eigenvalue weighted by Crippen LogP contribution is -2.50. The molecule has 0 saturated heterocycles. The number of nitrogens with one attached hydrogen (secondary N) is 1. The first-order chi connectivity index (χ1) is 8.73. The molecule has 0 aromatic heterocycles. The van der Waals surface area contributed by atoms with Crippen LogP contribution in [0.4, 0.5) is 0 Å². The standard InChI is InChI=1S/C15H22ClNO/c1-3-11-17-14(15(18-2)9-6-10-15)12-7-4-5-8-13(12)16/h4-5,7-8,14,17H,3,6,9-11H2,1-2H3. The number of methoxy groups -OCH3 is 1. The Kier molecular flexibility index (Phi) is 4.66. The van der Waals surface area contributed by atoms with Gasteiger partial charge in [0, 0.05) is 12.1 Å². The van der Waals surface area contributed by atoms with Gasteiger partial charge in [0.05, 0.1) is 11.6 Å². The molecule has 1 unspecified atom stereocenters. The highest BCUT2D eigenvalue weighted by Crippen LogP contribution is 2.46. The third-order valence-corrected chi connectivity index (χ3v) is 4.29. The summed E-state index contributed by atoms with van der Waals surface area (Å²) in [6.07, 6.45) is 4.57. The summed E-state index contributed by atoms with van der Waals surface area (Å²) >= 11 is 6.35. The Balaban J connectivity index is 2.27. The molecule has 18 heavy (non-hydrogen) atoms. The lowest BCUT2D eigenvalue weighted by Gasteiger charge is -2.47. The molecule has 100 valence electrons. The molecule has 1 aliphatic rings. The lowest BCUT2D eigenvalue weighted by atomic mass is 9.72. The fraction of sp³-hybridized carbons (Fsp3) is 0.600. The Morgan fingerprint density at radius 1 is 1.39 bits per heavy atom. The molecule has 1 aromatic carbocycles. The van der Waals surface area contributed by atoms with Crippen LogP contribution in [0.25, 0.3) is 0 Å². The number of rotatable bonds is 6. The Morgan fingerprint density at radius 2 is 2.11 bits per heavy atom. The van der Waals surface area contributed by atoms with Gasteiger partial charge in [0.2, 0.25) is 0 Å². The first kappa shape index (κ1) is 13.9. The van der Waals surface area contributed by atoms with Crippen LogP contribution in [0, 0.1) is 0 Å². The van der Waals surface area contributed by atoms with Crippen molar-refractivity contribution in [3.05, 3.63) is 34.9 Å². The van der Waals surface area contributed by atoms with Gasteiger partial charge in [-0.3, -0.25) is 0 Å². The van der Waals surface area contributed by atoms with E-state index in [1.54, 1.807) is 0 Å². The van der Waals surface area contributed by atoms with Gasteiger partial charge < -0.3 is 10.1 Å². The van der Waals surface area contributed by atoms with Crippen molar-refractivity contribution in [2.45, 2.75) is 44.2 Å². The van der Waals surface area contributed by atoms with Gasteiger partial charge in [-0.1, -0.05) is 36.7 Å². The van der Waals surface area contributed by atoms with Crippen LogP contribution in [0.5, 0.6) is 0 Å². The summed E-state index contributed by atoms with van der Waals surface area (Å²) in [6.45, 7) is 3.16. The van der Waals surface area contributed by atoms with Crippen LogP contribution in [-0.4, -0.2) is 19.3 Å². The van der Waals surface area contributed by atoms with Gasteiger partial charge in [-0.15, -0.1) is 0 Å². The van der Waals surface area contributed by atoms with Crippen LogP contribution < -0.4 is 5.32 Å². The van der Waals surface area contributed by atoms with E-state index < -0.39 is 0 Å². The maximum absolute atomic E-state index is 6.35. The third-order valence-electron chi connectivity index (χ3n) is 3.95. The van der Waals surface area contributed by atoms with Gasteiger partial charge in [0.15, 0.2) is 0 Å². The van der Waals surface area contributed by atoms with Gasteiger partial charge in [-0.25, -0.2) is 0 Å². The molecule has 1 aliphatic carbocycles. The van der Waals surface area contributed by atoms with Crippen molar-refractivity contribution in [1.29, 1.82) is 0 Å². The molecular weight excluding hydrogens is 246 g/mol. The van der Waals surface area contributed by atoms with Crippen molar-refractivity contribution in [2.75, 3.05) is 13.7 Å². The third kappa shape index (κ3) is 2.56. The monoisotopic (exact) mass is 267 g/mol. The van der Waals surface area contributed by atoms with Crippen molar-refractivity contribution >= 4 is 11.6 Å². The Morgan fingerprint density at radius 3 is 2.61 bits per heavy atom. The molecule has 1 fully saturated rings. The summed E-state index contributed by atoms with van der Waals surface area (Å²) in [7, 11) is 1.82. The van der Waals surface area contributed by atoms with Gasteiger partial charge in [0.1, 0.15) is 0 Å². The van der Waals surface area contributed by atoms with E-state index in [1.807, 2.05) is 25.3 Å².